The zero-order valence-electron chi connectivity index (χ0n) is 15.0. The van der Waals surface area contributed by atoms with E-state index >= 15 is 0 Å². The Morgan fingerprint density at radius 2 is 2.04 bits per heavy atom. The molecule has 8 nitrogen and oxygen atoms in total. The number of amides is 4. The first-order valence-corrected chi connectivity index (χ1v) is 8.66. The Morgan fingerprint density at radius 3 is 2.77 bits per heavy atom. The number of benzene rings is 1. The third-order valence-electron chi connectivity index (χ3n) is 4.40. The second-order valence-corrected chi connectivity index (χ2v) is 6.90. The summed E-state index contributed by atoms with van der Waals surface area (Å²) >= 11 is 0. The topological polar surface area (TPSA) is 97.0 Å². The van der Waals surface area contributed by atoms with Crippen LogP contribution in [0.15, 0.2) is 18.2 Å². The number of fused-ring (bicyclic) bond motifs is 1. The third kappa shape index (κ3) is 3.89. The van der Waals surface area contributed by atoms with Crippen molar-refractivity contribution in [1.82, 2.24) is 15.5 Å². The molecule has 8 heteroatoms. The molecule has 1 aromatic carbocycles. The van der Waals surface area contributed by atoms with Crippen LogP contribution in [0.25, 0.3) is 0 Å². The molecule has 2 N–H and O–H groups in total. The highest BCUT2D eigenvalue weighted by atomic mass is 16.7. The zero-order chi connectivity index (χ0) is 18.7. The zero-order valence-corrected chi connectivity index (χ0v) is 15.0. The van der Waals surface area contributed by atoms with Gasteiger partial charge in [-0.3, -0.25) is 14.5 Å². The molecular formula is C18H23N3O5. The molecule has 0 saturated carbocycles. The summed E-state index contributed by atoms with van der Waals surface area (Å²) in [6.07, 6.45) is 1.38. The number of rotatable bonds is 7. The van der Waals surface area contributed by atoms with Crippen LogP contribution in [0.4, 0.5) is 4.79 Å². The molecule has 0 spiro atoms. The molecule has 0 radical (unpaired) electrons. The van der Waals surface area contributed by atoms with Crippen LogP contribution in [-0.2, 0) is 16.0 Å². The van der Waals surface area contributed by atoms with E-state index in [1.54, 1.807) is 13.8 Å². The van der Waals surface area contributed by atoms with Gasteiger partial charge in [0, 0.05) is 19.5 Å². The average Bonchev–Trinajstić information content (AvgIpc) is 3.12. The molecule has 2 aliphatic heterocycles. The molecule has 2 heterocycles. The monoisotopic (exact) mass is 361 g/mol. The number of urea groups is 1. The van der Waals surface area contributed by atoms with E-state index in [2.05, 4.69) is 10.6 Å². The fraction of sp³-hybridized carbons (Fsp3) is 0.500. The van der Waals surface area contributed by atoms with Crippen molar-refractivity contribution in [1.29, 1.82) is 0 Å². The second-order valence-electron chi connectivity index (χ2n) is 6.90. The fourth-order valence-corrected chi connectivity index (χ4v) is 2.95. The molecule has 0 bridgehead atoms. The van der Waals surface area contributed by atoms with Gasteiger partial charge in [0.1, 0.15) is 5.54 Å². The highest BCUT2D eigenvalue weighted by Gasteiger charge is 2.43. The van der Waals surface area contributed by atoms with Crippen LogP contribution in [-0.4, -0.2) is 48.2 Å². The van der Waals surface area contributed by atoms with Crippen LogP contribution < -0.4 is 20.1 Å². The Bertz CT molecular complexity index is 732. The first kappa shape index (κ1) is 18.0. The summed E-state index contributed by atoms with van der Waals surface area (Å²) in [6.45, 7) is 4.31. The molecule has 1 saturated heterocycles. The normalized spacial score (nSPS) is 17.4. The second kappa shape index (κ2) is 7.23. The van der Waals surface area contributed by atoms with Crippen LogP contribution in [0, 0.1) is 0 Å². The standard InChI is InChI=1S/C18H23N3O5/c1-18(2)16(23)21(17(24)20-18)9-3-4-15(22)19-8-7-12-5-6-13-14(10-12)26-11-25-13/h5-6,10H,3-4,7-9,11H2,1-2H3,(H,19,22)(H,20,24). The van der Waals surface area contributed by atoms with Gasteiger partial charge >= 0.3 is 6.03 Å². The van der Waals surface area contributed by atoms with Crippen LogP contribution in [0.3, 0.4) is 0 Å². The molecular weight excluding hydrogens is 338 g/mol. The van der Waals surface area contributed by atoms with Crippen LogP contribution in [0.1, 0.15) is 32.3 Å². The van der Waals surface area contributed by atoms with Crippen molar-refractivity contribution < 1.29 is 23.9 Å². The molecule has 0 aliphatic carbocycles. The molecule has 1 fully saturated rings. The van der Waals surface area contributed by atoms with Crippen LogP contribution in [0.5, 0.6) is 11.5 Å². The summed E-state index contributed by atoms with van der Waals surface area (Å²) in [5, 5.41) is 5.47. The van der Waals surface area contributed by atoms with Crippen molar-refractivity contribution in [2.75, 3.05) is 19.9 Å². The van der Waals surface area contributed by atoms with Crippen molar-refractivity contribution in [3.8, 4) is 11.5 Å². The Morgan fingerprint density at radius 1 is 1.27 bits per heavy atom. The van der Waals surface area contributed by atoms with E-state index in [4.69, 9.17) is 9.47 Å². The van der Waals surface area contributed by atoms with Gasteiger partial charge in [0.15, 0.2) is 11.5 Å². The molecule has 2 aliphatic rings. The lowest BCUT2D eigenvalue weighted by Gasteiger charge is -2.15. The molecule has 0 unspecified atom stereocenters. The quantitative estimate of drug-likeness (QED) is 0.711. The van der Waals surface area contributed by atoms with Crippen molar-refractivity contribution in [3.05, 3.63) is 23.8 Å². The average molecular weight is 361 g/mol. The summed E-state index contributed by atoms with van der Waals surface area (Å²) in [7, 11) is 0. The number of imide groups is 1. The summed E-state index contributed by atoms with van der Waals surface area (Å²) < 4.78 is 10.6. The van der Waals surface area contributed by atoms with E-state index in [-0.39, 0.29) is 31.6 Å². The van der Waals surface area contributed by atoms with Gasteiger partial charge in [-0.15, -0.1) is 0 Å². The predicted octanol–water partition coefficient (Wildman–Crippen LogP) is 1.18. The lowest BCUT2D eigenvalue weighted by molar-refractivity contribution is -0.130. The first-order chi connectivity index (χ1) is 12.4. The van der Waals surface area contributed by atoms with Crippen LogP contribution >= 0.6 is 0 Å². The van der Waals surface area contributed by atoms with Gasteiger partial charge < -0.3 is 20.1 Å². The maximum atomic E-state index is 12.0. The van der Waals surface area contributed by atoms with E-state index < -0.39 is 11.6 Å². The Labute approximate surface area is 151 Å². The number of carbonyl (C=O) groups excluding carboxylic acids is 3. The first-order valence-electron chi connectivity index (χ1n) is 8.66. The predicted molar refractivity (Wildman–Crippen MR) is 92.8 cm³/mol. The molecule has 3 rings (SSSR count). The minimum Gasteiger partial charge on any atom is -0.454 e. The van der Waals surface area contributed by atoms with E-state index in [9.17, 15) is 14.4 Å². The van der Waals surface area contributed by atoms with Gasteiger partial charge in [-0.1, -0.05) is 6.07 Å². The maximum Gasteiger partial charge on any atom is 0.325 e. The molecule has 140 valence electrons. The summed E-state index contributed by atoms with van der Waals surface area (Å²) in [5.41, 5.74) is 0.181. The van der Waals surface area contributed by atoms with Gasteiger partial charge in [-0.25, -0.2) is 4.79 Å². The minimum absolute atomic E-state index is 0.0999. The fourth-order valence-electron chi connectivity index (χ4n) is 2.95. The van der Waals surface area contributed by atoms with Crippen molar-refractivity contribution in [2.45, 2.75) is 38.6 Å². The highest BCUT2D eigenvalue weighted by Crippen LogP contribution is 2.32. The third-order valence-corrected chi connectivity index (χ3v) is 4.40. The van der Waals surface area contributed by atoms with Gasteiger partial charge in [0.05, 0.1) is 0 Å². The lowest BCUT2D eigenvalue weighted by atomic mass is 10.1. The highest BCUT2D eigenvalue weighted by molar-refractivity contribution is 6.06. The number of nitrogens with zero attached hydrogens (tertiary/aromatic N) is 1. The smallest absolute Gasteiger partial charge is 0.325 e. The largest absolute Gasteiger partial charge is 0.454 e. The Hall–Kier alpha value is -2.77. The number of hydrogen-bond donors (Lipinski definition) is 2. The maximum absolute atomic E-state index is 12.0. The number of ether oxygens (including phenoxy) is 2. The number of carbonyl (C=O) groups is 3. The van der Waals surface area contributed by atoms with Gasteiger partial charge in [0.2, 0.25) is 12.7 Å². The molecule has 26 heavy (non-hydrogen) atoms. The van der Waals surface area contributed by atoms with Crippen molar-refractivity contribution in [3.63, 3.8) is 0 Å². The van der Waals surface area contributed by atoms with Crippen LogP contribution in [0.2, 0.25) is 0 Å². The van der Waals surface area contributed by atoms with Crippen molar-refractivity contribution >= 4 is 17.8 Å². The SMILES string of the molecule is CC1(C)NC(=O)N(CCCC(=O)NCCc2ccc3c(c2)OCO3)C1=O. The molecule has 0 aromatic heterocycles. The minimum atomic E-state index is -0.871. The summed E-state index contributed by atoms with van der Waals surface area (Å²) in [5.74, 6) is 1.11. The number of hydrogen-bond acceptors (Lipinski definition) is 5. The summed E-state index contributed by atoms with van der Waals surface area (Å²) in [6, 6.07) is 5.31. The summed E-state index contributed by atoms with van der Waals surface area (Å²) in [4.78, 5) is 36.9. The Kier molecular flexibility index (Phi) is 5.01. The van der Waals surface area contributed by atoms with Gasteiger partial charge in [-0.05, 0) is 44.4 Å². The van der Waals surface area contributed by atoms with E-state index in [1.165, 1.54) is 4.90 Å². The van der Waals surface area contributed by atoms with Crippen molar-refractivity contribution in [2.24, 2.45) is 0 Å². The Balaban J connectivity index is 1.36. The molecule has 4 amide bonds. The van der Waals surface area contributed by atoms with Gasteiger partial charge in [0.25, 0.3) is 5.91 Å². The molecule has 0 atom stereocenters. The van der Waals surface area contributed by atoms with E-state index in [1.807, 2.05) is 18.2 Å². The number of nitrogens with one attached hydrogen (secondary N) is 2. The van der Waals surface area contributed by atoms with E-state index in [0.29, 0.717) is 19.4 Å². The van der Waals surface area contributed by atoms with Gasteiger partial charge in [-0.2, -0.15) is 0 Å². The van der Waals surface area contributed by atoms with E-state index in [0.717, 1.165) is 17.1 Å². The molecule has 1 aromatic rings. The lowest BCUT2D eigenvalue weighted by Crippen LogP contribution is -2.40.